The monoisotopic (exact) mass is 463 g/mol. The van der Waals surface area contributed by atoms with Crippen molar-refractivity contribution in [2.75, 3.05) is 18.6 Å². The SMILES string of the molecule is CCOc1ccc(C2/C(=C(\O)c3cc(Cl)ccc3OC)C(=O)C(=O)N2c2ccccc2)cc1. The van der Waals surface area contributed by atoms with E-state index in [2.05, 4.69) is 0 Å². The second kappa shape index (κ2) is 9.38. The molecule has 1 fully saturated rings. The highest BCUT2D eigenvalue weighted by Crippen LogP contribution is 2.43. The number of hydrogen-bond donors (Lipinski definition) is 1. The van der Waals surface area contributed by atoms with E-state index in [1.807, 2.05) is 13.0 Å². The minimum atomic E-state index is -0.855. The van der Waals surface area contributed by atoms with Gasteiger partial charge in [0.05, 0.1) is 30.9 Å². The van der Waals surface area contributed by atoms with Crippen molar-refractivity contribution < 1.29 is 24.2 Å². The maximum atomic E-state index is 13.2. The van der Waals surface area contributed by atoms with Gasteiger partial charge in [-0.05, 0) is 55.0 Å². The molecule has 1 aliphatic heterocycles. The Morgan fingerprint density at radius 1 is 1.03 bits per heavy atom. The number of nitrogens with zero attached hydrogens (tertiary/aromatic N) is 1. The number of hydrogen-bond acceptors (Lipinski definition) is 5. The number of aliphatic hydroxyl groups is 1. The number of amides is 1. The molecule has 0 spiro atoms. The highest BCUT2D eigenvalue weighted by Gasteiger charge is 2.47. The van der Waals surface area contributed by atoms with Gasteiger partial charge in [0.15, 0.2) is 0 Å². The summed E-state index contributed by atoms with van der Waals surface area (Å²) in [4.78, 5) is 27.8. The summed E-state index contributed by atoms with van der Waals surface area (Å²) >= 11 is 6.15. The Bertz CT molecular complexity index is 1220. The van der Waals surface area contributed by atoms with Gasteiger partial charge in [-0.2, -0.15) is 0 Å². The number of rotatable bonds is 6. The van der Waals surface area contributed by atoms with Gasteiger partial charge in [0.25, 0.3) is 11.7 Å². The van der Waals surface area contributed by atoms with Crippen LogP contribution in [0.3, 0.4) is 0 Å². The maximum Gasteiger partial charge on any atom is 0.300 e. The molecule has 1 saturated heterocycles. The number of carbonyl (C=O) groups excluding carboxylic acids is 2. The normalized spacial score (nSPS) is 17.3. The second-order valence-electron chi connectivity index (χ2n) is 7.35. The predicted molar refractivity (Wildman–Crippen MR) is 127 cm³/mol. The number of halogens is 1. The minimum Gasteiger partial charge on any atom is -0.507 e. The number of anilines is 1. The number of ketones is 1. The lowest BCUT2D eigenvalue weighted by Crippen LogP contribution is -2.29. The van der Waals surface area contributed by atoms with Crippen molar-refractivity contribution >= 4 is 34.7 Å². The molecule has 0 saturated carbocycles. The molecule has 0 bridgehead atoms. The van der Waals surface area contributed by atoms with Crippen molar-refractivity contribution in [3.8, 4) is 11.5 Å². The van der Waals surface area contributed by atoms with Crippen LogP contribution in [0, 0.1) is 0 Å². The van der Waals surface area contributed by atoms with E-state index < -0.39 is 17.7 Å². The number of carbonyl (C=O) groups is 2. The summed E-state index contributed by atoms with van der Waals surface area (Å²) in [5, 5.41) is 11.7. The molecule has 0 radical (unpaired) electrons. The molecule has 3 aromatic rings. The molecule has 1 N–H and O–H groups in total. The molecule has 1 heterocycles. The van der Waals surface area contributed by atoms with Crippen LogP contribution < -0.4 is 14.4 Å². The molecule has 1 aliphatic rings. The largest absolute Gasteiger partial charge is 0.507 e. The van der Waals surface area contributed by atoms with E-state index in [4.69, 9.17) is 21.1 Å². The van der Waals surface area contributed by atoms with E-state index in [1.165, 1.54) is 18.1 Å². The Hall–Kier alpha value is -3.77. The molecule has 6 nitrogen and oxygen atoms in total. The van der Waals surface area contributed by atoms with Crippen molar-refractivity contribution in [3.05, 3.63) is 94.5 Å². The molecule has 0 aliphatic carbocycles. The van der Waals surface area contributed by atoms with Crippen LogP contribution in [0.1, 0.15) is 24.1 Å². The van der Waals surface area contributed by atoms with E-state index in [0.29, 0.717) is 34.4 Å². The van der Waals surface area contributed by atoms with Crippen LogP contribution in [-0.2, 0) is 9.59 Å². The van der Waals surface area contributed by atoms with Gasteiger partial charge in [0.1, 0.15) is 17.3 Å². The molecule has 168 valence electrons. The van der Waals surface area contributed by atoms with Gasteiger partial charge in [-0.3, -0.25) is 14.5 Å². The Morgan fingerprint density at radius 2 is 1.73 bits per heavy atom. The summed E-state index contributed by atoms with van der Waals surface area (Å²) in [5.74, 6) is -0.896. The molecule has 3 aromatic carbocycles. The van der Waals surface area contributed by atoms with Crippen molar-refractivity contribution in [3.63, 3.8) is 0 Å². The highest BCUT2D eigenvalue weighted by molar-refractivity contribution is 6.51. The summed E-state index contributed by atoms with van der Waals surface area (Å²) in [6.45, 7) is 2.40. The van der Waals surface area contributed by atoms with E-state index in [-0.39, 0.29) is 16.9 Å². The maximum absolute atomic E-state index is 13.2. The number of methoxy groups -OCH3 is 1. The fourth-order valence-corrected chi connectivity index (χ4v) is 4.10. The first-order valence-corrected chi connectivity index (χ1v) is 10.8. The Kier molecular flexibility index (Phi) is 6.38. The fraction of sp³-hybridized carbons (Fsp3) is 0.154. The summed E-state index contributed by atoms with van der Waals surface area (Å²) < 4.78 is 10.9. The molecule has 1 atom stereocenters. The Morgan fingerprint density at radius 3 is 2.36 bits per heavy atom. The van der Waals surface area contributed by atoms with Gasteiger partial charge >= 0.3 is 0 Å². The zero-order chi connectivity index (χ0) is 23.5. The summed E-state index contributed by atoms with van der Waals surface area (Å²) in [6.07, 6.45) is 0. The Labute approximate surface area is 196 Å². The topological polar surface area (TPSA) is 76.1 Å². The van der Waals surface area contributed by atoms with Crippen LogP contribution >= 0.6 is 11.6 Å². The number of ether oxygens (including phenoxy) is 2. The third kappa shape index (κ3) is 4.17. The Balaban J connectivity index is 1.94. The molecular weight excluding hydrogens is 442 g/mol. The van der Waals surface area contributed by atoms with Crippen molar-refractivity contribution in [1.29, 1.82) is 0 Å². The average molecular weight is 464 g/mol. The summed E-state index contributed by atoms with van der Waals surface area (Å²) in [7, 11) is 1.45. The molecular formula is C26H22ClNO5. The smallest absolute Gasteiger partial charge is 0.300 e. The second-order valence-corrected chi connectivity index (χ2v) is 7.79. The van der Waals surface area contributed by atoms with Crippen molar-refractivity contribution in [2.45, 2.75) is 13.0 Å². The van der Waals surface area contributed by atoms with E-state index in [9.17, 15) is 14.7 Å². The van der Waals surface area contributed by atoms with Crippen LogP contribution in [0.15, 0.2) is 78.4 Å². The summed E-state index contributed by atoms with van der Waals surface area (Å²) in [5.41, 5.74) is 1.36. The minimum absolute atomic E-state index is 0.0476. The van der Waals surface area contributed by atoms with Crippen molar-refractivity contribution in [2.24, 2.45) is 0 Å². The molecule has 0 aromatic heterocycles. The lowest BCUT2D eigenvalue weighted by Gasteiger charge is -2.25. The van der Waals surface area contributed by atoms with E-state index in [1.54, 1.807) is 60.7 Å². The van der Waals surface area contributed by atoms with Crippen molar-refractivity contribution in [1.82, 2.24) is 0 Å². The van der Waals surface area contributed by atoms with Gasteiger partial charge in [-0.1, -0.05) is 41.9 Å². The average Bonchev–Trinajstić information content (AvgIpc) is 3.10. The van der Waals surface area contributed by atoms with Crippen LogP contribution in [0.5, 0.6) is 11.5 Å². The first-order valence-electron chi connectivity index (χ1n) is 10.4. The van der Waals surface area contributed by atoms with Crippen LogP contribution in [0.25, 0.3) is 5.76 Å². The number of benzene rings is 3. The number of aliphatic hydroxyl groups excluding tert-OH is 1. The standard InChI is InChI=1S/C26H22ClNO5/c1-3-33-19-12-9-16(10-13-19)23-22(24(29)20-15-17(27)11-14-21(20)32-2)25(30)26(31)28(23)18-7-5-4-6-8-18/h4-15,23,29H,3H2,1-2H3/b24-22+. The predicted octanol–water partition coefficient (Wildman–Crippen LogP) is 5.37. The zero-order valence-electron chi connectivity index (χ0n) is 18.1. The lowest BCUT2D eigenvalue weighted by molar-refractivity contribution is -0.132. The zero-order valence-corrected chi connectivity index (χ0v) is 18.9. The summed E-state index contributed by atoms with van der Waals surface area (Å²) in [6, 6.07) is 19.8. The molecule has 33 heavy (non-hydrogen) atoms. The van der Waals surface area contributed by atoms with Gasteiger partial charge < -0.3 is 14.6 Å². The fourth-order valence-electron chi connectivity index (χ4n) is 3.93. The van der Waals surface area contributed by atoms with Gasteiger partial charge in [0.2, 0.25) is 0 Å². The first-order chi connectivity index (χ1) is 16.0. The lowest BCUT2D eigenvalue weighted by atomic mass is 9.94. The van der Waals surface area contributed by atoms with Crippen LogP contribution in [-0.4, -0.2) is 30.5 Å². The van der Waals surface area contributed by atoms with E-state index >= 15 is 0 Å². The van der Waals surface area contributed by atoms with Crippen LogP contribution in [0.4, 0.5) is 5.69 Å². The van der Waals surface area contributed by atoms with E-state index in [0.717, 1.165) is 0 Å². The molecule has 1 amide bonds. The molecule has 7 heteroatoms. The quantitative estimate of drug-likeness (QED) is 0.302. The highest BCUT2D eigenvalue weighted by atomic mass is 35.5. The van der Waals surface area contributed by atoms with Gasteiger partial charge in [-0.25, -0.2) is 0 Å². The number of para-hydroxylation sites is 1. The third-order valence-corrected chi connectivity index (χ3v) is 5.64. The first kappa shape index (κ1) is 22.4. The number of Topliss-reactive ketones (excluding diaryl/α,β-unsaturated/α-hetero) is 1. The van der Waals surface area contributed by atoms with Gasteiger partial charge in [-0.15, -0.1) is 0 Å². The molecule has 1 unspecified atom stereocenters. The third-order valence-electron chi connectivity index (χ3n) is 5.40. The van der Waals surface area contributed by atoms with Gasteiger partial charge in [0, 0.05) is 10.7 Å². The van der Waals surface area contributed by atoms with Crippen LogP contribution in [0.2, 0.25) is 5.02 Å². The molecule has 4 rings (SSSR count).